The number of amides is 2. The van der Waals surface area contributed by atoms with E-state index >= 15 is 0 Å². The average molecular weight is 1820 g/mol. The van der Waals surface area contributed by atoms with E-state index in [9.17, 15) is 192 Å². The molecule has 718 valence electrons. The minimum absolute atomic E-state index is 0.847. The Morgan fingerprint density at radius 2 is 0.742 bits per heavy atom. The lowest BCUT2D eigenvalue weighted by molar-refractivity contribution is -0.417. The number of hydrogen-bond acceptors (Lipinski definition) is 52. The van der Waals surface area contributed by atoms with Crippen LogP contribution in [0.5, 0.6) is 0 Å². The van der Waals surface area contributed by atoms with Crippen LogP contribution in [0.2, 0.25) is 0 Å². The number of hydrogen-bond donors (Lipinski definition) is 35. The molecule has 0 saturated carbocycles. The zero-order chi connectivity index (χ0) is 92.3. The zero-order valence-electron chi connectivity index (χ0n) is 65.2. The van der Waals surface area contributed by atoms with E-state index in [2.05, 4.69) is 10.6 Å². The predicted molar refractivity (Wildman–Crippen MR) is 372 cm³/mol. The Hall–Kier alpha value is -4.53. The number of rotatable bonds is 36. The van der Waals surface area contributed by atoms with Gasteiger partial charge in [0, 0.05) is 33.1 Å². The van der Waals surface area contributed by atoms with Crippen LogP contribution in [0.1, 0.15) is 33.1 Å². The second kappa shape index (κ2) is 43.2. The maximum atomic E-state index is 13.4. The molecule has 9 aliphatic heterocycles. The first-order valence-electron chi connectivity index (χ1n) is 38.6. The van der Waals surface area contributed by atoms with E-state index in [1.54, 1.807) is 0 Å². The monoisotopic (exact) mass is 1820 g/mol. The number of carbonyl (C=O) groups excluding carboxylic acids is 2. The van der Waals surface area contributed by atoms with Crippen molar-refractivity contribution in [2.24, 2.45) is 0 Å². The topological polar surface area (TPSA) is 934 Å². The first-order chi connectivity index (χ1) is 58.3. The van der Waals surface area contributed by atoms with E-state index in [-0.39, 0.29) is 0 Å². The number of carbonyl (C=O) groups is 5. The number of aliphatic carboxylic acids is 3. The first kappa shape index (κ1) is 103. The summed E-state index contributed by atoms with van der Waals surface area (Å²) in [7, 11) is 0. The average Bonchev–Trinajstić information content (AvgIpc) is 0.753. The van der Waals surface area contributed by atoms with Gasteiger partial charge < -0.3 is 260 Å². The van der Waals surface area contributed by atoms with Gasteiger partial charge in [0.15, 0.2) is 37.7 Å². The number of aliphatic hydroxyl groups excluding tert-OH is 29. The fourth-order valence-corrected chi connectivity index (χ4v) is 15.8. The largest absolute Gasteiger partial charge is 0.477 e. The van der Waals surface area contributed by atoms with Crippen LogP contribution in [0.4, 0.5) is 0 Å². The van der Waals surface area contributed by atoms with Gasteiger partial charge >= 0.3 is 17.9 Å². The van der Waals surface area contributed by atoms with Crippen molar-refractivity contribution >= 4 is 29.7 Å². The van der Waals surface area contributed by atoms with Crippen LogP contribution < -0.4 is 10.6 Å². The molecule has 9 saturated heterocycles. The zero-order valence-corrected chi connectivity index (χ0v) is 65.2. The number of carboxylic acid groups (broad SMARTS) is 3. The molecule has 57 heteroatoms. The Kier molecular flexibility index (Phi) is 36.0. The van der Waals surface area contributed by atoms with Crippen LogP contribution in [0.25, 0.3) is 0 Å². The van der Waals surface area contributed by atoms with Crippen LogP contribution >= 0.6 is 0 Å². The summed E-state index contributed by atoms with van der Waals surface area (Å²) in [5, 5.41) is 370. The molecule has 0 radical (unpaired) electrons. The second-order valence-electron chi connectivity index (χ2n) is 31.0. The summed E-state index contributed by atoms with van der Waals surface area (Å²) in [6.45, 7) is -10.3. The van der Waals surface area contributed by atoms with Crippen molar-refractivity contribution in [1.29, 1.82) is 0 Å². The van der Waals surface area contributed by atoms with Gasteiger partial charge in [0.25, 0.3) is 17.4 Å². The number of aliphatic hydroxyl groups is 30. The Bertz CT molecular complexity index is 3430. The van der Waals surface area contributed by atoms with Gasteiger partial charge in [-0.1, -0.05) is 0 Å². The van der Waals surface area contributed by atoms with Crippen LogP contribution in [0.3, 0.4) is 0 Å². The van der Waals surface area contributed by atoms with E-state index in [1.165, 1.54) is 0 Å². The third kappa shape index (κ3) is 21.6. The minimum atomic E-state index is -3.68. The highest BCUT2D eigenvalue weighted by Crippen LogP contribution is 2.46. The van der Waals surface area contributed by atoms with Crippen LogP contribution in [0.15, 0.2) is 0 Å². The lowest BCUT2D eigenvalue weighted by Gasteiger charge is -2.53. The number of carboxylic acids is 3. The molecule has 35 N–H and O–H groups in total. The molecule has 9 aliphatic rings. The first-order valence-corrected chi connectivity index (χ1v) is 38.6. The lowest BCUT2D eigenvalue weighted by Crippen LogP contribution is -2.71. The van der Waals surface area contributed by atoms with Gasteiger partial charge in [-0.2, -0.15) is 0 Å². The van der Waals surface area contributed by atoms with Gasteiger partial charge in [-0.15, -0.1) is 0 Å². The molecule has 124 heavy (non-hydrogen) atoms. The van der Waals surface area contributed by atoms with Crippen molar-refractivity contribution < 1.29 is 273 Å². The van der Waals surface area contributed by atoms with Crippen molar-refractivity contribution in [1.82, 2.24) is 10.6 Å². The number of ether oxygens (including phenoxy) is 17. The molecule has 0 unspecified atom stereocenters. The fourth-order valence-electron chi connectivity index (χ4n) is 15.8. The third-order valence-corrected chi connectivity index (χ3v) is 22.4. The molecule has 2 amide bonds. The second-order valence-corrected chi connectivity index (χ2v) is 31.0. The van der Waals surface area contributed by atoms with Crippen molar-refractivity contribution in [3.05, 3.63) is 0 Å². The van der Waals surface area contributed by atoms with Gasteiger partial charge in [0.1, 0.15) is 214 Å². The molecule has 57 nitrogen and oxygen atoms in total. The maximum Gasteiger partial charge on any atom is 0.364 e. The van der Waals surface area contributed by atoms with E-state index in [0.29, 0.717) is 0 Å². The molecule has 0 aliphatic carbocycles. The molecule has 0 aromatic carbocycles. The third-order valence-electron chi connectivity index (χ3n) is 22.4. The molecule has 0 aromatic rings. The summed E-state index contributed by atoms with van der Waals surface area (Å²) in [4.78, 5) is 64.8. The Morgan fingerprint density at radius 1 is 0.339 bits per heavy atom. The van der Waals surface area contributed by atoms with E-state index in [4.69, 9.17) is 80.5 Å². The van der Waals surface area contributed by atoms with Gasteiger partial charge in [-0.25, -0.2) is 14.4 Å². The summed E-state index contributed by atoms with van der Waals surface area (Å²) < 4.78 is 98.7. The van der Waals surface area contributed by atoms with Crippen molar-refractivity contribution in [2.45, 2.75) is 326 Å². The van der Waals surface area contributed by atoms with E-state index in [1.807, 2.05) is 0 Å². The highest BCUT2D eigenvalue weighted by Gasteiger charge is 2.66. The normalized spacial score (nSPS) is 47.0. The summed E-state index contributed by atoms with van der Waals surface area (Å²) >= 11 is 0. The quantitative estimate of drug-likeness (QED) is 0.0277. The Labute approximate surface area is 697 Å². The molecule has 0 spiro atoms. The minimum Gasteiger partial charge on any atom is -0.477 e. The highest BCUT2D eigenvalue weighted by atomic mass is 16.8. The fraction of sp³-hybridized carbons (Fsp3) is 0.925. The molecule has 0 bridgehead atoms. The molecular formula is C67H110N2O55. The summed E-state index contributed by atoms with van der Waals surface area (Å²) in [5.74, 6) is -19.3. The molecule has 9 rings (SSSR count). The van der Waals surface area contributed by atoms with Gasteiger partial charge in [-0.05, 0) is 0 Å². The smallest absolute Gasteiger partial charge is 0.364 e. The molecule has 48 atom stereocenters. The van der Waals surface area contributed by atoms with Crippen LogP contribution in [-0.4, -0.2) is 551 Å². The SMILES string of the molecule is CC(=O)N[C@H]1[C@H](O[C@@H]2[C@H](O)[C@@H](O)[C@H](O[C@@H]3[C@H](O)[C@@H](O[C@@H]4[C@H](O)[C@@H](O[C@H]5[C@@H]([C@H](O)CO)O[C@@](O)(C(=O)O)C[C@H]5O[C@]5(C(=O)O)C[C@@H](O)[C@@H](O)[C@@H]([C@H](O)CO)O5)O[C@H]([C@@H](O)CO)[C@H]4O[C@@H]4O[C@H](CO)[C@@H](O)[C@H](O)[C@H]4O)O[C@H]([C@@H](O)CO)[C@H]3O)O[C@@H]2CO)O[C@H](CO)[C@H](O)[C@@H]1O[C@@H]1O[C@H](CO)[C@H](O)[C@H](O[C@]2(C(=O)O)C[C@H](O)[C@@H](NC(C)=O)[C@H]([C@H](O)[C@H](O)CO)O2)[C@H]1O. The van der Waals surface area contributed by atoms with Crippen molar-refractivity contribution in [3.8, 4) is 0 Å². The van der Waals surface area contributed by atoms with Gasteiger partial charge in [-0.3, -0.25) is 9.59 Å². The summed E-state index contributed by atoms with van der Waals surface area (Å²) in [6, 6.07) is -3.86. The summed E-state index contributed by atoms with van der Waals surface area (Å²) in [6.07, 6.45) is -108. The Balaban J connectivity index is 1.03. The van der Waals surface area contributed by atoms with E-state index in [0.717, 1.165) is 13.8 Å². The van der Waals surface area contributed by atoms with Crippen molar-refractivity contribution in [2.75, 3.05) is 59.5 Å². The highest BCUT2D eigenvalue weighted by molar-refractivity contribution is 5.78. The van der Waals surface area contributed by atoms with Crippen LogP contribution in [-0.2, 0) is 104 Å². The maximum absolute atomic E-state index is 13.4. The standard InChI is InChI=1S/C67H110N2O55/c1-15(79)68-29-17(81)3-67(64(105)106,123-51(29)32(89)19(83)6-70)124-53-35(92)27(13-77)110-59(42(53)99)116-50-30(69-16(2)80)56(108-26(12-76)34(50)91)114-48-28(14-78)111-58(39(96)37(48)94)117-52-40(97)44(20(84)7-71)112-60(41(52)98)118-54-43(100)61(113-46(22(86)9-73)55(54)119-57-38(95)36(93)33(90)25(11-75)109-57)115-49-24(5-65(107,62(101)102)121-47(49)23(87)10-74)120-66(63(103)104)4-18(82)31(88)45(122-66)21(85)8-72/h17-61,70-78,81-100,107H,3-14H2,1-2H3,(H,68,79)(H,69,80)(H,101,102)(H,103,104)(H,105,106)/t17-,18+,19+,20-,21+,22-,23+,24+,25+,26+,27+,28+,29+,30+,31+,32+,33+,34-,35-,36-,37+,38+,39+,40+,41-,42+,43-,44+,45+,46+,47+,48-,49+,50+,51+,52-,53-,54+,55+,56-,57-,58-,59-,60+,61+,65+,66+,67-/m0/s1. The van der Waals surface area contributed by atoms with Gasteiger partial charge in [0.2, 0.25) is 11.8 Å². The Morgan fingerprint density at radius 3 is 1.27 bits per heavy atom. The van der Waals surface area contributed by atoms with Crippen LogP contribution in [0, 0.1) is 0 Å². The molecule has 0 aromatic heterocycles. The molecular weight excluding hydrogens is 1710 g/mol. The lowest BCUT2D eigenvalue weighted by atomic mass is 9.88. The molecule has 9 heterocycles. The van der Waals surface area contributed by atoms with E-state index < -0.39 is 401 Å². The number of nitrogens with one attached hydrogen (secondary N) is 2. The predicted octanol–water partition coefficient (Wildman–Crippen LogP) is -22.7. The molecule has 9 fully saturated rings. The van der Waals surface area contributed by atoms with Gasteiger partial charge in [0.05, 0.1) is 83.8 Å². The van der Waals surface area contributed by atoms with Crippen molar-refractivity contribution in [3.63, 3.8) is 0 Å². The summed E-state index contributed by atoms with van der Waals surface area (Å²) in [5.41, 5.74) is 0.